The minimum Gasteiger partial charge on any atom is -0.369 e. The molecule has 1 aromatic heterocycles. The van der Waals surface area contributed by atoms with Crippen molar-refractivity contribution in [3.63, 3.8) is 0 Å². The van der Waals surface area contributed by atoms with E-state index in [1.807, 2.05) is 17.0 Å². The zero-order valence-electron chi connectivity index (χ0n) is 8.44. The fourth-order valence-corrected chi connectivity index (χ4v) is 2.04. The van der Waals surface area contributed by atoms with E-state index in [0.29, 0.717) is 13.2 Å². The summed E-state index contributed by atoms with van der Waals surface area (Å²) in [6.07, 6.45) is -1.76. The van der Waals surface area contributed by atoms with Gasteiger partial charge in [-0.2, -0.15) is 0 Å². The van der Waals surface area contributed by atoms with Crippen LogP contribution in [-0.2, 0) is 4.74 Å². The van der Waals surface area contributed by atoms with E-state index in [2.05, 4.69) is 27.6 Å². The number of aromatic nitrogens is 1. The molecule has 0 amide bonds. The number of ether oxygens (including phenoxy) is 1. The average molecular weight is 340 g/mol. The molecule has 0 aliphatic carbocycles. The van der Waals surface area contributed by atoms with E-state index >= 15 is 0 Å². The van der Waals surface area contributed by atoms with Gasteiger partial charge in [-0.05, 0) is 34.7 Å². The molecule has 1 fully saturated rings. The summed E-state index contributed by atoms with van der Waals surface area (Å²) in [7, 11) is 0. The highest BCUT2D eigenvalue weighted by molar-refractivity contribution is 14.1. The molecule has 1 aliphatic heterocycles. The number of hydrogen-bond acceptors (Lipinski definition) is 3. The summed E-state index contributed by atoms with van der Waals surface area (Å²) < 4.78 is 31.1. The zero-order chi connectivity index (χ0) is 11.5. The van der Waals surface area contributed by atoms with Crippen LogP contribution in [0.15, 0.2) is 18.3 Å². The number of pyridine rings is 1. The van der Waals surface area contributed by atoms with Gasteiger partial charge in [0.05, 0.1) is 13.2 Å². The third kappa shape index (κ3) is 2.79. The molecule has 0 radical (unpaired) electrons. The van der Waals surface area contributed by atoms with E-state index in [-0.39, 0.29) is 6.54 Å². The molecule has 6 heteroatoms. The van der Waals surface area contributed by atoms with Crippen molar-refractivity contribution in [1.82, 2.24) is 4.98 Å². The maximum absolute atomic E-state index is 12.5. The molecule has 3 nitrogen and oxygen atoms in total. The lowest BCUT2D eigenvalue weighted by Crippen LogP contribution is -2.46. The van der Waals surface area contributed by atoms with Crippen molar-refractivity contribution in [1.29, 1.82) is 0 Å². The molecule has 0 saturated carbocycles. The minimum absolute atomic E-state index is 0.199. The predicted octanol–water partition coefficient (Wildman–Crippen LogP) is 2.16. The van der Waals surface area contributed by atoms with Gasteiger partial charge in [0, 0.05) is 16.3 Å². The summed E-state index contributed by atoms with van der Waals surface area (Å²) in [5, 5.41) is 0. The molecule has 0 N–H and O–H groups in total. The standard InChI is InChI=1S/C10H11F2IN2O/c11-10(12)8-6-15(3-4-16-8)9-5-7(13)1-2-14-9/h1-2,5,8,10H,3-4,6H2. The van der Waals surface area contributed by atoms with Crippen molar-refractivity contribution < 1.29 is 13.5 Å². The van der Waals surface area contributed by atoms with Crippen molar-refractivity contribution in [3.8, 4) is 0 Å². The summed E-state index contributed by atoms with van der Waals surface area (Å²) in [6.45, 7) is 1.13. The Morgan fingerprint density at radius 3 is 3.06 bits per heavy atom. The van der Waals surface area contributed by atoms with Gasteiger partial charge in [0.2, 0.25) is 0 Å². The number of halogens is 3. The number of nitrogens with zero attached hydrogens (tertiary/aromatic N) is 2. The van der Waals surface area contributed by atoms with Crippen LogP contribution < -0.4 is 4.90 Å². The van der Waals surface area contributed by atoms with Crippen molar-refractivity contribution in [2.75, 3.05) is 24.6 Å². The summed E-state index contributed by atoms with van der Waals surface area (Å²) in [5.74, 6) is 0.737. The second kappa shape index (κ2) is 5.22. The zero-order valence-corrected chi connectivity index (χ0v) is 10.6. The molecule has 1 saturated heterocycles. The second-order valence-corrected chi connectivity index (χ2v) is 4.77. The molecule has 0 aromatic carbocycles. The largest absolute Gasteiger partial charge is 0.369 e. The minimum atomic E-state index is -2.44. The maximum Gasteiger partial charge on any atom is 0.266 e. The summed E-state index contributed by atoms with van der Waals surface area (Å²) in [4.78, 5) is 6.01. The van der Waals surface area contributed by atoms with Crippen molar-refractivity contribution >= 4 is 28.4 Å². The molecule has 1 unspecified atom stereocenters. The Labute approximate surface area is 106 Å². The van der Waals surface area contributed by atoms with Crippen molar-refractivity contribution in [3.05, 3.63) is 21.9 Å². The van der Waals surface area contributed by atoms with Crippen LogP contribution in [0.4, 0.5) is 14.6 Å². The number of rotatable bonds is 2. The summed E-state index contributed by atoms with van der Waals surface area (Å²) in [6, 6.07) is 3.75. The first-order chi connectivity index (χ1) is 7.66. The van der Waals surface area contributed by atoms with E-state index in [1.54, 1.807) is 6.20 Å². The second-order valence-electron chi connectivity index (χ2n) is 3.52. The van der Waals surface area contributed by atoms with Gasteiger partial charge < -0.3 is 9.64 Å². The van der Waals surface area contributed by atoms with Crippen LogP contribution in [0.25, 0.3) is 0 Å². The van der Waals surface area contributed by atoms with Gasteiger partial charge in [-0.1, -0.05) is 0 Å². The van der Waals surface area contributed by atoms with E-state index < -0.39 is 12.5 Å². The van der Waals surface area contributed by atoms with Crippen LogP contribution in [0.5, 0.6) is 0 Å². The fraction of sp³-hybridized carbons (Fsp3) is 0.500. The molecule has 1 aromatic rings. The van der Waals surface area contributed by atoms with Gasteiger partial charge in [-0.25, -0.2) is 13.8 Å². The van der Waals surface area contributed by atoms with E-state index in [0.717, 1.165) is 9.39 Å². The highest BCUT2D eigenvalue weighted by Gasteiger charge is 2.28. The lowest BCUT2D eigenvalue weighted by atomic mass is 10.2. The van der Waals surface area contributed by atoms with E-state index in [4.69, 9.17) is 4.74 Å². The van der Waals surface area contributed by atoms with Gasteiger partial charge in [0.25, 0.3) is 6.43 Å². The van der Waals surface area contributed by atoms with Crippen LogP contribution in [0.1, 0.15) is 0 Å². The predicted molar refractivity (Wildman–Crippen MR) is 64.9 cm³/mol. The highest BCUT2D eigenvalue weighted by Crippen LogP contribution is 2.19. The third-order valence-electron chi connectivity index (χ3n) is 2.41. The van der Waals surface area contributed by atoms with Gasteiger partial charge in [0.15, 0.2) is 0 Å². The Bertz CT molecular complexity index is 364. The molecule has 0 bridgehead atoms. The molecule has 0 spiro atoms. The molecule has 2 rings (SSSR count). The Hall–Kier alpha value is -0.500. The fourth-order valence-electron chi connectivity index (χ4n) is 1.60. The van der Waals surface area contributed by atoms with Gasteiger partial charge in [-0.3, -0.25) is 0 Å². The smallest absolute Gasteiger partial charge is 0.266 e. The van der Waals surface area contributed by atoms with Gasteiger partial charge in [-0.15, -0.1) is 0 Å². The number of anilines is 1. The normalized spacial score (nSPS) is 21.5. The first-order valence-electron chi connectivity index (χ1n) is 4.93. The molecule has 1 atom stereocenters. The summed E-state index contributed by atoms with van der Waals surface area (Å²) in [5.41, 5.74) is 0. The molecule has 2 heterocycles. The molecule has 88 valence electrons. The molecular weight excluding hydrogens is 329 g/mol. The lowest BCUT2D eigenvalue weighted by molar-refractivity contribution is -0.0615. The Morgan fingerprint density at radius 2 is 2.38 bits per heavy atom. The quantitative estimate of drug-likeness (QED) is 0.772. The van der Waals surface area contributed by atoms with E-state index in [1.165, 1.54) is 0 Å². The van der Waals surface area contributed by atoms with Gasteiger partial charge in [0.1, 0.15) is 11.9 Å². The number of hydrogen-bond donors (Lipinski definition) is 0. The third-order valence-corrected chi connectivity index (χ3v) is 3.08. The first-order valence-corrected chi connectivity index (χ1v) is 6.01. The average Bonchev–Trinajstić information content (AvgIpc) is 2.29. The molecular formula is C10H11F2IN2O. The lowest BCUT2D eigenvalue weighted by Gasteiger charge is -2.33. The monoisotopic (exact) mass is 340 g/mol. The van der Waals surface area contributed by atoms with E-state index in [9.17, 15) is 8.78 Å². The van der Waals surface area contributed by atoms with Crippen LogP contribution in [0, 0.1) is 3.57 Å². The summed E-state index contributed by atoms with van der Waals surface area (Å²) >= 11 is 2.17. The van der Waals surface area contributed by atoms with Gasteiger partial charge >= 0.3 is 0 Å². The first kappa shape index (κ1) is 12.0. The number of alkyl halides is 2. The van der Waals surface area contributed by atoms with Crippen LogP contribution >= 0.6 is 22.6 Å². The van der Waals surface area contributed by atoms with Crippen LogP contribution in [0.3, 0.4) is 0 Å². The number of morpholine rings is 1. The Morgan fingerprint density at radius 1 is 1.56 bits per heavy atom. The molecule has 16 heavy (non-hydrogen) atoms. The molecule has 1 aliphatic rings. The highest BCUT2D eigenvalue weighted by atomic mass is 127. The van der Waals surface area contributed by atoms with Crippen molar-refractivity contribution in [2.45, 2.75) is 12.5 Å². The maximum atomic E-state index is 12.5. The SMILES string of the molecule is FC(F)C1CN(c2cc(I)ccn2)CCO1. The Kier molecular flexibility index (Phi) is 3.91. The van der Waals surface area contributed by atoms with Crippen LogP contribution in [-0.4, -0.2) is 37.2 Å². The van der Waals surface area contributed by atoms with Crippen molar-refractivity contribution in [2.24, 2.45) is 0 Å². The Balaban J connectivity index is 2.09. The topological polar surface area (TPSA) is 25.4 Å². The van der Waals surface area contributed by atoms with Crippen LogP contribution in [0.2, 0.25) is 0 Å².